The number of sulfonamides is 1. The van der Waals surface area contributed by atoms with Crippen LogP contribution < -0.4 is 10.0 Å². The molecule has 0 spiro atoms. The number of carbonyl (C=O) groups is 1. The van der Waals surface area contributed by atoms with Crippen molar-refractivity contribution < 1.29 is 13.2 Å². The second-order valence-electron chi connectivity index (χ2n) is 7.86. The van der Waals surface area contributed by atoms with Gasteiger partial charge in [0.25, 0.3) is 5.91 Å². The van der Waals surface area contributed by atoms with Crippen LogP contribution in [0.25, 0.3) is 5.65 Å². The van der Waals surface area contributed by atoms with E-state index < -0.39 is 15.6 Å². The van der Waals surface area contributed by atoms with Crippen LogP contribution in [0.15, 0.2) is 52.1 Å². The lowest BCUT2D eigenvalue weighted by atomic mass is 10.1. The van der Waals surface area contributed by atoms with Gasteiger partial charge < -0.3 is 9.72 Å². The number of nitrogens with one attached hydrogen (secondary N) is 2. The summed E-state index contributed by atoms with van der Waals surface area (Å²) in [6.45, 7) is 7.29. The molecule has 2 aromatic heterocycles. The molecule has 29 heavy (non-hydrogen) atoms. The number of halogens is 1. The van der Waals surface area contributed by atoms with Crippen LogP contribution in [0.2, 0.25) is 0 Å². The lowest BCUT2D eigenvalue weighted by Crippen LogP contribution is -2.40. The summed E-state index contributed by atoms with van der Waals surface area (Å²) in [4.78, 5) is 17.2. The summed E-state index contributed by atoms with van der Waals surface area (Å²) in [5, 5.41) is 2.82. The van der Waals surface area contributed by atoms with Crippen LogP contribution in [0.3, 0.4) is 0 Å². The third-order valence-corrected chi connectivity index (χ3v) is 6.32. The molecule has 0 aliphatic carbocycles. The quantitative estimate of drug-likeness (QED) is 0.587. The molecule has 2 heterocycles. The van der Waals surface area contributed by atoms with E-state index in [-0.39, 0.29) is 17.3 Å². The molecule has 0 saturated carbocycles. The molecule has 0 saturated heterocycles. The SMILES string of the molecule is Cc1ccc(S(=O)(=O)NC(C)(C)C)cc1C(=O)NCc1cn2cc(Br)ccc2n1. The molecule has 0 bridgehead atoms. The molecule has 1 amide bonds. The molecule has 0 aliphatic rings. The van der Waals surface area contributed by atoms with E-state index in [0.717, 1.165) is 10.1 Å². The normalized spacial score (nSPS) is 12.3. The summed E-state index contributed by atoms with van der Waals surface area (Å²) in [7, 11) is -3.73. The van der Waals surface area contributed by atoms with Crippen molar-refractivity contribution >= 4 is 37.5 Å². The fourth-order valence-corrected chi connectivity index (χ4v) is 4.64. The molecule has 1 aromatic carbocycles. The number of imidazole rings is 1. The number of nitrogens with zero attached hydrogens (tertiary/aromatic N) is 2. The number of carbonyl (C=O) groups excluding carboxylic acids is 1. The van der Waals surface area contributed by atoms with E-state index in [1.807, 2.05) is 28.9 Å². The second-order valence-corrected chi connectivity index (χ2v) is 10.5. The number of pyridine rings is 1. The van der Waals surface area contributed by atoms with Gasteiger partial charge in [-0.25, -0.2) is 18.1 Å². The van der Waals surface area contributed by atoms with Gasteiger partial charge in [0.05, 0.1) is 17.1 Å². The summed E-state index contributed by atoms with van der Waals surface area (Å²) >= 11 is 3.41. The number of aromatic nitrogens is 2. The zero-order chi connectivity index (χ0) is 21.4. The highest BCUT2D eigenvalue weighted by molar-refractivity contribution is 9.10. The molecule has 3 rings (SSSR count). The van der Waals surface area contributed by atoms with E-state index in [4.69, 9.17) is 0 Å². The van der Waals surface area contributed by atoms with Gasteiger partial charge in [0.1, 0.15) is 5.65 Å². The molecular weight excluding hydrogens is 456 g/mol. The topological polar surface area (TPSA) is 92.6 Å². The van der Waals surface area contributed by atoms with Crippen molar-refractivity contribution in [3.05, 3.63) is 64.0 Å². The molecule has 0 unspecified atom stereocenters. The number of aryl methyl sites for hydroxylation is 1. The Labute approximate surface area is 178 Å². The van der Waals surface area contributed by atoms with Crippen LogP contribution in [0.1, 0.15) is 42.4 Å². The van der Waals surface area contributed by atoms with E-state index in [1.54, 1.807) is 33.8 Å². The first kappa shape index (κ1) is 21.5. The molecular formula is C20H23BrN4O3S. The summed E-state index contributed by atoms with van der Waals surface area (Å²) in [5.41, 5.74) is 1.86. The number of amides is 1. The van der Waals surface area contributed by atoms with Gasteiger partial charge in [0.2, 0.25) is 10.0 Å². The Bertz CT molecular complexity index is 1180. The highest BCUT2D eigenvalue weighted by Crippen LogP contribution is 2.18. The lowest BCUT2D eigenvalue weighted by molar-refractivity contribution is 0.0949. The Kier molecular flexibility index (Phi) is 5.84. The van der Waals surface area contributed by atoms with Gasteiger partial charge in [0.15, 0.2) is 0 Å². The Hall–Kier alpha value is -2.23. The molecule has 7 nitrogen and oxygen atoms in total. The second kappa shape index (κ2) is 7.89. The highest BCUT2D eigenvalue weighted by Gasteiger charge is 2.23. The molecule has 0 radical (unpaired) electrons. The van der Waals surface area contributed by atoms with Gasteiger partial charge >= 0.3 is 0 Å². The first-order valence-electron chi connectivity index (χ1n) is 9.01. The number of hydrogen-bond acceptors (Lipinski definition) is 4. The zero-order valence-electron chi connectivity index (χ0n) is 16.7. The number of hydrogen-bond donors (Lipinski definition) is 2. The highest BCUT2D eigenvalue weighted by atomic mass is 79.9. The Morgan fingerprint density at radius 2 is 1.90 bits per heavy atom. The Balaban J connectivity index is 1.79. The van der Waals surface area contributed by atoms with Crippen molar-refractivity contribution in [3.63, 3.8) is 0 Å². The Morgan fingerprint density at radius 1 is 1.17 bits per heavy atom. The first-order valence-corrected chi connectivity index (χ1v) is 11.3. The molecule has 3 aromatic rings. The van der Waals surface area contributed by atoms with E-state index in [0.29, 0.717) is 16.8 Å². The Morgan fingerprint density at radius 3 is 2.59 bits per heavy atom. The van der Waals surface area contributed by atoms with Gasteiger partial charge in [-0.2, -0.15) is 0 Å². The van der Waals surface area contributed by atoms with Gasteiger partial charge in [-0.15, -0.1) is 0 Å². The molecule has 0 aliphatic heterocycles. The van der Waals surface area contributed by atoms with E-state index >= 15 is 0 Å². The summed E-state index contributed by atoms with van der Waals surface area (Å²) < 4.78 is 30.5. The molecule has 0 fully saturated rings. The average molecular weight is 479 g/mol. The van der Waals surface area contributed by atoms with Crippen molar-refractivity contribution in [3.8, 4) is 0 Å². The van der Waals surface area contributed by atoms with Gasteiger partial charge in [-0.3, -0.25) is 4.79 Å². The van der Waals surface area contributed by atoms with Gasteiger partial charge in [-0.05, 0) is 73.5 Å². The maximum atomic E-state index is 12.7. The van der Waals surface area contributed by atoms with Crippen molar-refractivity contribution in [2.24, 2.45) is 0 Å². The van der Waals surface area contributed by atoms with Crippen LogP contribution in [0.5, 0.6) is 0 Å². The van der Waals surface area contributed by atoms with Crippen molar-refractivity contribution in [1.29, 1.82) is 0 Å². The van der Waals surface area contributed by atoms with Crippen LogP contribution in [-0.4, -0.2) is 29.2 Å². The van der Waals surface area contributed by atoms with Crippen molar-refractivity contribution in [1.82, 2.24) is 19.4 Å². The van der Waals surface area contributed by atoms with Crippen molar-refractivity contribution in [2.45, 2.75) is 44.7 Å². The van der Waals surface area contributed by atoms with E-state index in [2.05, 4.69) is 31.0 Å². The monoisotopic (exact) mass is 478 g/mol. The fraction of sp³-hybridized carbons (Fsp3) is 0.300. The summed E-state index contributed by atoms with van der Waals surface area (Å²) in [6, 6.07) is 8.30. The van der Waals surface area contributed by atoms with Crippen LogP contribution in [0.4, 0.5) is 0 Å². The molecule has 0 atom stereocenters. The molecule has 154 valence electrons. The number of fused-ring (bicyclic) bond motifs is 1. The van der Waals surface area contributed by atoms with E-state index in [9.17, 15) is 13.2 Å². The third-order valence-electron chi connectivity index (χ3n) is 4.10. The summed E-state index contributed by atoms with van der Waals surface area (Å²) in [6.07, 6.45) is 3.72. The lowest BCUT2D eigenvalue weighted by Gasteiger charge is -2.20. The zero-order valence-corrected chi connectivity index (χ0v) is 19.1. The average Bonchev–Trinajstić information content (AvgIpc) is 2.99. The maximum Gasteiger partial charge on any atom is 0.251 e. The number of rotatable bonds is 5. The van der Waals surface area contributed by atoms with Crippen LogP contribution >= 0.6 is 15.9 Å². The van der Waals surface area contributed by atoms with Crippen LogP contribution in [0, 0.1) is 6.92 Å². The van der Waals surface area contributed by atoms with Crippen molar-refractivity contribution in [2.75, 3.05) is 0 Å². The minimum absolute atomic E-state index is 0.0563. The largest absolute Gasteiger partial charge is 0.346 e. The molecule has 2 N–H and O–H groups in total. The minimum atomic E-state index is -3.73. The maximum absolute atomic E-state index is 12.7. The van der Waals surface area contributed by atoms with Gasteiger partial charge in [-0.1, -0.05) is 6.07 Å². The van der Waals surface area contributed by atoms with Gasteiger partial charge in [0, 0.05) is 28.0 Å². The third kappa shape index (κ3) is 5.23. The first-order chi connectivity index (χ1) is 13.4. The van der Waals surface area contributed by atoms with E-state index in [1.165, 1.54) is 12.1 Å². The predicted octanol–water partition coefficient (Wildman–Crippen LogP) is 3.41. The standard InChI is InChI=1S/C20H23BrN4O3S/c1-13-5-7-16(29(27,28)24-20(2,3)4)9-17(13)19(26)22-10-15-12-25-11-14(21)6-8-18(25)23-15/h5-9,11-12,24H,10H2,1-4H3,(H,22,26). The fourth-order valence-electron chi connectivity index (χ4n) is 2.84. The molecule has 9 heteroatoms. The summed E-state index contributed by atoms with van der Waals surface area (Å²) in [5.74, 6) is -0.353. The van der Waals surface area contributed by atoms with Crippen LogP contribution in [-0.2, 0) is 16.6 Å². The minimum Gasteiger partial charge on any atom is -0.346 e. The smallest absolute Gasteiger partial charge is 0.251 e. The number of benzene rings is 1. The predicted molar refractivity (Wildman–Crippen MR) is 115 cm³/mol.